The lowest BCUT2D eigenvalue weighted by molar-refractivity contribution is -0.379. The quantitative estimate of drug-likeness (QED) is 0.0222. The molecule has 0 aromatic heterocycles. The average molecular weight is 1160 g/mol. The molecule has 17 unspecified atom stereocenters. The standard InChI is InChI=1S/C62H115NO18/c1-3-5-7-9-11-13-15-17-18-19-20-21-22-23-24-25-26-28-29-31-33-35-37-39-46(67)45(63-50(68)40-38-36-34-32-30-27-16-14-12-10-8-6-4-2)44-76-60-56(74)53(71)58(48(42-65)78-60)81-62-57(75)54(72)59(49(43-66)79-62)80-61-55(73)52(70)51(69)47(41-64)77-61/h29,31,37,39,45-49,51-62,64-67,69-75H,3-28,30,32-36,38,40-44H2,1-2H3,(H,63,68)/b31-29+,39-37+. The smallest absolute Gasteiger partial charge is 0.220 e. The van der Waals surface area contributed by atoms with Gasteiger partial charge >= 0.3 is 0 Å². The van der Waals surface area contributed by atoms with Gasteiger partial charge in [0.2, 0.25) is 5.91 Å². The molecule has 17 atom stereocenters. The number of aliphatic hydroxyl groups excluding tert-OH is 11. The first kappa shape index (κ1) is 73.5. The maximum Gasteiger partial charge on any atom is 0.220 e. The van der Waals surface area contributed by atoms with E-state index in [0.717, 1.165) is 38.5 Å². The van der Waals surface area contributed by atoms with Gasteiger partial charge in [-0.2, -0.15) is 0 Å². The number of allylic oxidation sites excluding steroid dienone is 3. The second-order valence-corrected chi connectivity index (χ2v) is 23.2. The van der Waals surface area contributed by atoms with Gasteiger partial charge in [0.25, 0.3) is 0 Å². The summed E-state index contributed by atoms with van der Waals surface area (Å²) in [6.07, 6.45) is 21.7. The van der Waals surface area contributed by atoms with Gasteiger partial charge in [0.05, 0.1) is 38.6 Å². The van der Waals surface area contributed by atoms with Crippen molar-refractivity contribution in [3.8, 4) is 0 Å². The number of carbonyl (C=O) groups is 1. The number of carbonyl (C=O) groups excluding carboxylic acids is 1. The van der Waals surface area contributed by atoms with Crippen LogP contribution in [-0.4, -0.2) is 193 Å². The maximum absolute atomic E-state index is 13.3. The van der Waals surface area contributed by atoms with Crippen molar-refractivity contribution in [1.29, 1.82) is 0 Å². The lowest BCUT2D eigenvalue weighted by Crippen LogP contribution is -2.66. The Morgan fingerprint density at radius 3 is 1.23 bits per heavy atom. The molecule has 0 aliphatic carbocycles. The van der Waals surface area contributed by atoms with Gasteiger partial charge in [-0.15, -0.1) is 0 Å². The van der Waals surface area contributed by atoms with Crippen molar-refractivity contribution in [1.82, 2.24) is 5.32 Å². The van der Waals surface area contributed by atoms with Crippen molar-refractivity contribution in [2.45, 2.75) is 336 Å². The minimum absolute atomic E-state index is 0.239. The molecule has 3 rings (SSSR count). The van der Waals surface area contributed by atoms with Gasteiger partial charge in [0.1, 0.15) is 73.2 Å². The van der Waals surface area contributed by atoms with E-state index in [-0.39, 0.29) is 18.9 Å². The van der Waals surface area contributed by atoms with E-state index in [9.17, 15) is 61.0 Å². The zero-order valence-corrected chi connectivity index (χ0v) is 49.8. The number of hydrogen-bond acceptors (Lipinski definition) is 18. The van der Waals surface area contributed by atoms with Crippen LogP contribution < -0.4 is 5.32 Å². The topological polar surface area (TPSA) is 307 Å². The summed E-state index contributed by atoms with van der Waals surface area (Å²) in [6.45, 7) is 1.72. The first-order valence-corrected chi connectivity index (χ1v) is 32.1. The third kappa shape index (κ3) is 29.0. The molecule has 81 heavy (non-hydrogen) atoms. The SMILES string of the molecule is CCCCCCCCCCCCCCCCCCC/C=C/CC/C=C/C(O)C(COC1OC(CO)C(OC2OC(CO)C(OC3OC(CO)C(O)C(O)C3O)C(O)C2O)C(O)C1O)NC(=O)CCCCCCCCCCCCCCC. The predicted octanol–water partition coefficient (Wildman–Crippen LogP) is 6.71. The number of amides is 1. The van der Waals surface area contributed by atoms with Crippen LogP contribution in [0.1, 0.15) is 232 Å². The summed E-state index contributed by atoms with van der Waals surface area (Å²) in [5.74, 6) is -0.284. The number of unbranched alkanes of at least 4 members (excludes halogenated alkanes) is 30. The Kier molecular flexibility index (Phi) is 41.4. The predicted molar refractivity (Wildman–Crippen MR) is 310 cm³/mol. The van der Waals surface area contributed by atoms with E-state index < -0.39 is 124 Å². The second-order valence-electron chi connectivity index (χ2n) is 23.2. The molecule has 19 nitrogen and oxygen atoms in total. The molecule has 19 heteroatoms. The molecular weight excluding hydrogens is 1050 g/mol. The summed E-state index contributed by atoms with van der Waals surface area (Å²) < 4.78 is 34.3. The number of nitrogens with one attached hydrogen (secondary N) is 1. The van der Waals surface area contributed by atoms with Crippen molar-refractivity contribution in [2.75, 3.05) is 26.4 Å². The summed E-state index contributed by atoms with van der Waals surface area (Å²) in [6, 6.07) is -0.985. The second kappa shape index (κ2) is 45.6. The summed E-state index contributed by atoms with van der Waals surface area (Å²) >= 11 is 0. The third-order valence-corrected chi connectivity index (χ3v) is 16.3. The van der Waals surface area contributed by atoms with Crippen molar-refractivity contribution in [3.63, 3.8) is 0 Å². The van der Waals surface area contributed by atoms with Crippen molar-refractivity contribution >= 4 is 5.91 Å². The monoisotopic (exact) mass is 1160 g/mol. The lowest BCUT2D eigenvalue weighted by atomic mass is 9.96. The minimum Gasteiger partial charge on any atom is -0.394 e. The van der Waals surface area contributed by atoms with E-state index in [1.54, 1.807) is 6.08 Å². The normalized spacial score (nSPS) is 29.9. The van der Waals surface area contributed by atoms with Gasteiger partial charge in [0, 0.05) is 6.42 Å². The molecule has 3 aliphatic heterocycles. The number of aliphatic hydroxyl groups is 11. The van der Waals surface area contributed by atoms with E-state index in [1.165, 1.54) is 161 Å². The van der Waals surface area contributed by atoms with Gasteiger partial charge in [0.15, 0.2) is 18.9 Å². The highest BCUT2D eigenvalue weighted by Gasteiger charge is 2.53. The summed E-state index contributed by atoms with van der Waals surface area (Å²) in [4.78, 5) is 13.3. The van der Waals surface area contributed by atoms with Crippen molar-refractivity contribution < 1.29 is 89.4 Å². The average Bonchev–Trinajstić information content (AvgIpc) is 3.52. The fourth-order valence-electron chi connectivity index (χ4n) is 11.0. The fourth-order valence-corrected chi connectivity index (χ4v) is 11.0. The van der Waals surface area contributed by atoms with Crippen molar-refractivity contribution in [3.05, 3.63) is 24.3 Å². The van der Waals surface area contributed by atoms with Crippen LogP contribution in [-0.2, 0) is 33.2 Å². The fraction of sp³-hybridized carbons (Fsp3) is 0.919. The van der Waals surface area contributed by atoms with Crippen LogP contribution in [0.3, 0.4) is 0 Å². The molecule has 0 saturated carbocycles. The Labute approximate surface area is 486 Å². The molecule has 0 spiro atoms. The van der Waals surface area contributed by atoms with E-state index in [2.05, 4.69) is 31.3 Å². The Balaban J connectivity index is 1.48. The molecule has 3 heterocycles. The molecule has 12 N–H and O–H groups in total. The molecule has 0 bridgehead atoms. The highest BCUT2D eigenvalue weighted by Crippen LogP contribution is 2.33. The first-order chi connectivity index (χ1) is 39.3. The van der Waals surface area contributed by atoms with Crippen LogP contribution in [0.4, 0.5) is 0 Å². The number of rotatable bonds is 48. The summed E-state index contributed by atoms with van der Waals surface area (Å²) in [5, 5.41) is 120. The highest BCUT2D eigenvalue weighted by atomic mass is 16.8. The van der Waals surface area contributed by atoms with Gasteiger partial charge < -0.3 is 89.9 Å². The number of ether oxygens (including phenoxy) is 6. The van der Waals surface area contributed by atoms with E-state index in [0.29, 0.717) is 12.8 Å². The minimum atomic E-state index is -1.98. The van der Waals surface area contributed by atoms with E-state index in [1.807, 2.05) is 6.08 Å². The molecule has 3 saturated heterocycles. The molecule has 0 radical (unpaired) electrons. The largest absolute Gasteiger partial charge is 0.394 e. The molecular formula is C62H115NO18. The third-order valence-electron chi connectivity index (χ3n) is 16.3. The molecule has 1 amide bonds. The van der Waals surface area contributed by atoms with Crippen molar-refractivity contribution in [2.24, 2.45) is 0 Å². The Morgan fingerprint density at radius 2 is 0.790 bits per heavy atom. The van der Waals surface area contributed by atoms with Gasteiger partial charge in [-0.3, -0.25) is 4.79 Å². The maximum atomic E-state index is 13.3. The zero-order chi connectivity index (χ0) is 59.0. The van der Waals surface area contributed by atoms with Gasteiger partial charge in [-0.05, 0) is 32.1 Å². The van der Waals surface area contributed by atoms with E-state index in [4.69, 9.17) is 28.4 Å². The number of hydrogen-bond donors (Lipinski definition) is 12. The van der Waals surface area contributed by atoms with Crippen LogP contribution >= 0.6 is 0 Å². The van der Waals surface area contributed by atoms with Gasteiger partial charge in [-0.1, -0.05) is 218 Å². The highest BCUT2D eigenvalue weighted by molar-refractivity contribution is 5.76. The lowest BCUT2D eigenvalue weighted by Gasteiger charge is -2.48. The summed E-state index contributed by atoms with van der Waals surface area (Å²) in [7, 11) is 0. The Morgan fingerprint density at radius 1 is 0.432 bits per heavy atom. The molecule has 0 aromatic rings. The Hall–Kier alpha value is -1.73. The molecule has 3 aliphatic rings. The van der Waals surface area contributed by atoms with Gasteiger partial charge in [-0.25, -0.2) is 0 Å². The van der Waals surface area contributed by atoms with Crippen LogP contribution in [0, 0.1) is 0 Å². The summed E-state index contributed by atoms with van der Waals surface area (Å²) in [5.41, 5.74) is 0. The van der Waals surface area contributed by atoms with Crippen LogP contribution in [0.2, 0.25) is 0 Å². The molecule has 476 valence electrons. The first-order valence-electron chi connectivity index (χ1n) is 32.1. The van der Waals surface area contributed by atoms with E-state index >= 15 is 0 Å². The molecule has 3 fully saturated rings. The van der Waals surface area contributed by atoms with Crippen LogP contribution in [0.15, 0.2) is 24.3 Å². The Bertz CT molecular complexity index is 1580. The zero-order valence-electron chi connectivity index (χ0n) is 49.8. The van der Waals surface area contributed by atoms with Crippen LogP contribution in [0.5, 0.6) is 0 Å². The molecule has 0 aromatic carbocycles. The van der Waals surface area contributed by atoms with Crippen LogP contribution in [0.25, 0.3) is 0 Å².